The van der Waals surface area contributed by atoms with E-state index in [9.17, 15) is 13.2 Å². The van der Waals surface area contributed by atoms with E-state index >= 15 is 0 Å². The third kappa shape index (κ3) is 5.04. The topological polar surface area (TPSA) is 75.3 Å². The highest BCUT2D eigenvalue weighted by Gasteiger charge is 2.19. The highest BCUT2D eigenvalue weighted by Crippen LogP contribution is 2.25. The molecular formula is C17H18BrClN2O3S. The van der Waals surface area contributed by atoms with E-state index in [4.69, 9.17) is 11.6 Å². The van der Waals surface area contributed by atoms with Gasteiger partial charge in [0.05, 0.1) is 11.6 Å². The highest BCUT2D eigenvalue weighted by molar-refractivity contribution is 9.10. The van der Waals surface area contributed by atoms with E-state index in [0.717, 1.165) is 16.7 Å². The number of nitrogens with one attached hydrogen (secondary N) is 2. The van der Waals surface area contributed by atoms with Crippen LogP contribution in [0, 0.1) is 20.8 Å². The van der Waals surface area contributed by atoms with Gasteiger partial charge in [0.2, 0.25) is 15.9 Å². The van der Waals surface area contributed by atoms with Crippen molar-refractivity contribution in [1.82, 2.24) is 4.72 Å². The van der Waals surface area contributed by atoms with Crippen molar-refractivity contribution in [2.75, 3.05) is 11.9 Å². The first kappa shape index (κ1) is 19.9. The smallest absolute Gasteiger partial charge is 0.242 e. The van der Waals surface area contributed by atoms with Crippen molar-refractivity contribution in [3.8, 4) is 0 Å². The Hall–Kier alpha value is -1.41. The average Bonchev–Trinajstić information content (AvgIpc) is 2.48. The predicted octanol–water partition coefficient (Wildman–Crippen LogP) is 3.94. The summed E-state index contributed by atoms with van der Waals surface area (Å²) in [5.74, 6) is -0.452. The van der Waals surface area contributed by atoms with Gasteiger partial charge in [-0.2, -0.15) is 0 Å². The first-order chi connectivity index (χ1) is 11.6. The molecular weight excluding hydrogens is 428 g/mol. The van der Waals surface area contributed by atoms with Crippen LogP contribution < -0.4 is 10.0 Å². The fourth-order valence-corrected chi connectivity index (χ4v) is 4.51. The van der Waals surface area contributed by atoms with Crippen LogP contribution in [0.3, 0.4) is 0 Å². The van der Waals surface area contributed by atoms with E-state index in [1.54, 1.807) is 6.07 Å². The van der Waals surface area contributed by atoms with E-state index in [1.165, 1.54) is 12.1 Å². The molecule has 2 rings (SSSR count). The van der Waals surface area contributed by atoms with E-state index in [1.807, 2.05) is 32.9 Å². The maximum atomic E-state index is 12.3. The normalized spacial score (nSPS) is 11.4. The monoisotopic (exact) mass is 444 g/mol. The SMILES string of the molecule is Cc1cc(C)c(NC(=O)CNS(=O)(=O)c2ccc(Br)cc2Cl)c(C)c1. The lowest BCUT2D eigenvalue weighted by atomic mass is 10.1. The first-order valence-corrected chi connectivity index (χ1v) is 10.1. The Bertz CT molecular complexity index is 906. The van der Waals surface area contributed by atoms with Gasteiger partial charge >= 0.3 is 0 Å². The molecule has 0 radical (unpaired) electrons. The zero-order chi connectivity index (χ0) is 18.8. The van der Waals surface area contributed by atoms with Crippen molar-refractivity contribution < 1.29 is 13.2 Å². The molecule has 0 unspecified atom stereocenters. The Kier molecular flexibility index (Phi) is 6.26. The van der Waals surface area contributed by atoms with Gasteiger partial charge in [-0.1, -0.05) is 45.2 Å². The molecule has 2 aromatic rings. The Labute approximate surface area is 161 Å². The minimum atomic E-state index is -3.89. The molecule has 0 spiro atoms. The fourth-order valence-electron chi connectivity index (χ4n) is 2.49. The summed E-state index contributed by atoms with van der Waals surface area (Å²) in [6, 6.07) is 8.33. The second kappa shape index (κ2) is 7.86. The van der Waals surface area contributed by atoms with Gasteiger partial charge in [-0.25, -0.2) is 13.1 Å². The summed E-state index contributed by atoms with van der Waals surface area (Å²) in [5, 5.41) is 2.82. The van der Waals surface area contributed by atoms with Crippen LogP contribution in [0.4, 0.5) is 5.69 Å². The number of carbonyl (C=O) groups excluding carboxylic acids is 1. The van der Waals surface area contributed by atoms with Crippen LogP contribution in [0.1, 0.15) is 16.7 Å². The van der Waals surface area contributed by atoms with Crippen LogP contribution in [0.15, 0.2) is 39.7 Å². The van der Waals surface area contributed by atoms with Gasteiger partial charge in [-0.05, 0) is 50.1 Å². The van der Waals surface area contributed by atoms with Crippen LogP contribution in [0.25, 0.3) is 0 Å². The minimum absolute atomic E-state index is 0.0761. The van der Waals surface area contributed by atoms with Crippen LogP contribution in [0.2, 0.25) is 5.02 Å². The van der Waals surface area contributed by atoms with Gasteiger partial charge in [0.15, 0.2) is 0 Å². The molecule has 0 aliphatic heterocycles. The molecule has 0 aromatic heterocycles. The molecule has 5 nitrogen and oxygen atoms in total. The van der Waals surface area contributed by atoms with Gasteiger partial charge in [-0.3, -0.25) is 4.79 Å². The van der Waals surface area contributed by atoms with Gasteiger partial charge in [0.1, 0.15) is 4.90 Å². The molecule has 2 N–H and O–H groups in total. The number of hydrogen-bond donors (Lipinski definition) is 2. The number of benzene rings is 2. The summed E-state index contributed by atoms with van der Waals surface area (Å²) in [6.07, 6.45) is 0. The largest absolute Gasteiger partial charge is 0.324 e. The van der Waals surface area contributed by atoms with Gasteiger partial charge in [0.25, 0.3) is 0 Å². The Morgan fingerprint density at radius 1 is 1.12 bits per heavy atom. The third-order valence-corrected chi connectivity index (χ3v) is 5.93. The van der Waals surface area contributed by atoms with Crippen molar-refractivity contribution in [2.45, 2.75) is 25.7 Å². The van der Waals surface area contributed by atoms with Crippen LogP contribution in [-0.2, 0) is 14.8 Å². The summed E-state index contributed by atoms with van der Waals surface area (Å²) in [7, 11) is -3.89. The number of sulfonamides is 1. The van der Waals surface area contributed by atoms with Crippen molar-refractivity contribution in [3.63, 3.8) is 0 Å². The molecule has 25 heavy (non-hydrogen) atoms. The number of aryl methyl sites for hydroxylation is 3. The standard InChI is InChI=1S/C17H18BrClN2O3S/c1-10-6-11(2)17(12(3)7-10)21-16(22)9-20-25(23,24)15-5-4-13(18)8-14(15)19/h4-8,20H,9H2,1-3H3,(H,21,22). The molecule has 134 valence electrons. The zero-order valence-electron chi connectivity index (χ0n) is 14.0. The number of hydrogen-bond acceptors (Lipinski definition) is 3. The molecule has 0 saturated heterocycles. The Morgan fingerprint density at radius 2 is 1.72 bits per heavy atom. The average molecular weight is 446 g/mol. The number of amides is 1. The second-order valence-electron chi connectivity index (χ2n) is 5.72. The quantitative estimate of drug-likeness (QED) is 0.732. The van der Waals surface area contributed by atoms with Crippen LogP contribution in [-0.4, -0.2) is 20.9 Å². The van der Waals surface area contributed by atoms with E-state index in [0.29, 0.717) is 10.2 Å². The van der Waals surface area contributed by atoms with Crippen molar-refractivity contribution >= 4 is 49.1 Å². The zero-order valence-corrected chi connectivity index (χ0v) is 17.1. The van der Waals surface area contributed by atoms with Crippen LogP contribution in [0.5, 0.6) is 0 Å². The summed E-state index contributed by atoms with van der Waals surface area (Å²) >= 11 is 9.18. The maximum absolute atomic E-state index is 12.3. The Morgan fingerprint density at radius 3 is 2.28 bits per heavy atom. The first-order valence-electron chi connectivity index (χ1n) is 7.42. The number of halogens is 2. The molecule has 0 bridgehead atoms. The summed E-state index contributed by atoms with van der Waals surface area (Å²) in [4.78, 5) is 12.1. The molecule has 8 heteroatoms. The van der Waals surface area contributed by atoms with E-state index < -0.39 is 15.9 Å². The summed E-state index contributed by atoms with van der Waals surface area (Å²) in [5.41, 5.74) is 3.63. The maximum Gasteiger partial charge on any atom is 0.242 e. The number of anilines is 1. The lowest BCUT2D eigenvalue weighted by molar-refractivity contribution is -0.115. The molecule has 0 atom stereocenters. The summed E-state index contributed by atoms with van der Waals surface area (Å²) in [6.45, 7) is 5.37. The number of rotatable bonds is 5. The fraction of sp³-hybridized carbons (Fsp3) is 0.235. The van der Waals surface area contributed by atoms with Gasteiger partial charge in [-0.15, -0.1) is 0 Å². The van der Waals surface area contributed by atoms with Gasteiger partial charge in [0, 0.05) is 10.2 Å². The lowest BCUT2D eigenvalue weighted by Crippen LogP contribution is -2.33. The van der Waals surface area contributed by atoms with Crippen molar-refractivity contribution in [1.29, 1.82) is 0 Å². The minimum Gasteiger partial charge on any atom is -0.324 e. The second-order valence-corrected chi connectivity index (χ2v) is 8.78. The van der Waals surface area contributed by atoms with Crippen molar-refractivity contribution in [3.05, 3.63) is 56.5 Å². The van der Waals surface area contributed by atoms with E-state index in [-0.39, 0.29) is 16.5 Å². The summed E-state index contributed by atoms with van der Waals surface area (Å²) < 4.78 is 27.6. The molecule has 0 aliphatic rings. The third-order valence-electron chi connectivity index (χ3n) is 3.55. The molecule has 0 heterocycles. The Balaban J connectivity index is 2.09. The predicted molar refractivity (Wildman–Crippen MR) is 104 cm³/mol. The van der Waals surface area contributed by atoms with Crippen molar-refractivity contribution in [2.24, 2.45) is 0 Å². The number of carbonyl (C=O) groups is 1. The highest BCUT2D eigenvalue weighted by atomic mass is 79.9. The van der Waals surface area contributed by atoms with E-state index in [2.05, 4.69) is 26.0 Å². The van der Waals surface area contributed by atoms with Gasteiger partial charge < -0.3 is 5.32 Å². The molecule has 0 fully saturated rings. The molecule has 0 saturated carbocycles. The molecule has 2 aromatic carbocycles. The molecule has 0 aliphatic carbocycles. The lowest BCUT2D eigenvalue weighted by Gasteiger charge is -2.13. The molecule has 1 amide bonds. The van der Waals surface area contributed by atoms with Crippen LogP contribution >= 0.6 is 27.5 Å².